The van der Waals surface area contributed by atoms with E-state index in [4.69, 9.17) is 21.1 Å². The number of nitrogens with one attached hydrogen (secondary N) is 1. The largest absolute Gasteiger partial charge is 0.496 e. The zero-order valence-corrected chi connectivity index (χ0v) is 12.4. The molecule has 0 atom stereocenters. The Kier molecular flexibility index (Phi) is 5.27. The van der Waals surface area contributed by atoms with Gasteiger partial charge in [0.15, 0.2) is 0 Å². The molecule has 2 rings (SSSR count). The van der Waals surface area contributed by atoms with Crippen LogP contribution in [-0.4, -0.2) is 14.2 Å². The molecule has 0 aromatic heterocycles. The molecule has 0 heterocycles. The van der Waals surface area contributed by atoms with Gasteiger partial charge in [0.1, 0.15) is 18.1 Å². The second-order valence-corrected chi connectivity index (χ2v) is 4.86. The molecule has 2 aromatic carbocycles. The Labute approximate surface area is 124 Å². The maximum Gasteiger partial charge on any atom is 0.125 e. The number of ether oxygens (including phenoxy) is 2. The number of benzene rings is 2. The van der Waals surface area contributed by atoms with Crippen molar-refractivity contribution < 1.29 is 9.47 Å². The molecule has 0 saturated heterocycles. The lowest BCUT2D eigenvalue weighted by atomic mass is 10.2. The van der Waals surface area contributed by atoms with Crippen LogP contribution in [0.15, 0.2) is 42.5 Å². The van der Waals surface area contributed by atoms with Gasteiger partial charge in [0.25, 0.3) is 0 Å². The zero-order chi connectivity index (χ0) is 14.4. The highest BCUT2D eigenvalue weighted by Gasteiger charge is 2.05. The van der Waals surface area contributed by atoms with Crippen LogP contribution in [0.3, 0.4) is 0 Å². The minimum absolute atomic E-state index is 0.423. The molecule has 0 amide bonds. The van der Waals surface area contributed by atoms with Gasteiger partial charge in [-0.15, -0.1) is 0 Å². The molecule has 0 aliphatic heterocycles. The Morgan fingerprint density at radius 1 is 1.15 bits per heavy atom. The van der Waals surface area contributed by atoms with E-state index in [0.29, 0.717) is 11.6 Å². The first-order chi connectivity index (χ1) is 9.72. The van der Waals surface area contributed by atoms with Crippen LogP contribution in [0.1, 0.15) is 11.1 Å². The Hall–Kier alpha value is -1.71. The molecule has 0 radical (unpaired) electrons. The van der Waals surface area contributed by atoms with E-state index in [1.165, 1.54) is 5.56 Å². The minimum Gasteiger partial charge on any atom is -0.496 e. The van der Waals surface area contributed by atoms with Gasteiger partial charge in [-0.2, -0.15) is 0 Å². The van der Waals surface area contributed by atoms with Gasteiger partial charge >= 0.3 is 0 Å². The molecule has 0 spiro atoms. The smallest absolute Gasteiger partial charge is 0.125 e. The lowest BCUT2D eigenvalue weighted by Gasteiger charge is -2.11. The number of hydrogen-bond acceptors (Lipinski definition) is 3. The molecule has 4 heteroatoms. The lowest BCUT2D eigenvalue weighted by Crippen LogP contribution is -2.05. The van der Waals surface area contributed by atoms with E-state index in [9.17, 15) is 0 Å². The van der Waals surface area contributed by atoms with Gasteiger partial charge in [0.2, 0.25) is 0 Å². The van der Waals surface area contributed by atoms with Gasteiger partial charge in [0, 0.05) is 17.1 Å². The third-order valence-electron chi connectivity index (χ3n) is 2.92. The summed E-state index contributed by atoms with van der Waals surface area (Å²) >= 11 is 6.00. The lowest BCUT2D eigenvalue weighted by molar-refractivity contribution is 0.296. The Morgan fingerprint density at radius 3 is 2.75 bits per heavy atom. The molecular weight excluding hydrogens is 274 g/mol. The standard InChI is InChI=1S/C16H18ClNO2/c1-18-10-12-4-3-5-15(8-12)20-11-13-9-14(17)6-7-16(13)19-2/h3-9,18H,10-11H2,1-2H3. The van der Waals surface area contributed by atoms with E-state index < -0.39 is 0 Å². The van der Waals surface area contributed by atoms with Crippen LogP contribution in [0.4, 0.5) is 0 Å². The Balaban J connectivity index is 2.08. The van der Waals surface area contributed by atoms with E-state index in [-0.39, 0.29) is 0 Å². The van der Waals surface area contributed by atoms with Crippen LogP contribution in [0, 0.1) is 0 Å². The number of halogens is 1. The van der Waals surface area contributed by atoms with Gasteiger partial charge in [-0.1, -0.05) is 23.7 Å². The Bertz CT molecular complexity index is 572. The van der Waals surface area contributed by atoms with Gasteiger partial charge in [-0.25, -0.2) is 0 Å². The zero-order valence-electron chi connectivity index (χ0n) is 11.7. The van der Waals surface area contributed by atoms with Crippen LogP contribution >= 0.6 is 11.6 Å². The third-order valence-corrected chi connectivity index (χ3v) is 3.15. The van der Waals surface area contributed by atoms with Crippen molar-refractivity contribution in [3.63, 3.8) is 0 Å². The number of rotatable bonds is 6. The fourth-order valence-electron chi connectivity index (χ4n) is 1.97. The summed E-state index contributed by atoms with van der Waals surface area (Å²) in [6.07, 6.45) is 0. The molecular formula is C16H18ClNO2. The summed E-state index contributed by atoms with van der Waals surface area (Å²) in [5, 5.41) is 3.79. The fourth-order valence-corrected chi connectivity index (χ4v) is 2.17. The van der Waals surface area contributed by atoms with Crippen LogP contribution in [0.2, 0.25) is 5.02 Å². The van der Waals surface area contributed by atoms with E-state index >= 15 is 0 Å². The summed E-state index contributed by atoms with van der Waals surface area (Å²) < 4.78 is 11.1. The maximum absolute atomic E-state index is 6.00. The summed E-state index contributed by atoms with van der Waals surface area (Å²) in [4.78, 5) is 0. The van der Waals surface area contributed by atoms with E-state index in [1.54, 1.807) is 13.2 Å². The molecule has 0 saturated carbocycles. The first kappa shape index (κ1) is 14.7. The second kappa shape index (κ2) is 7.17. The van der Waals surface area contributed by atoms with E-state index in [1.807, 2.05) is 37.4 Å². The first-order valence-electron chi connectivity index (χ1n) is 6.41. The SMILES string of the molecule is CNCc1cccc(OCc2cc(Cl)ccc2OC)c1. The summed E-state index contributed by atoms with van der Waals surface area (Å²) in [6.45, 7) is 1.24. The highest BCUT2D eigenvalue weighted by molar-refractivity contribution is 6.30. The van der Waals surface area contributed by atoms with Crippen LogP contribution in [0.5, 0.6) is 11.5 Å². The summed E-state index contributed by atoms with van der Waals surface area (Å²) in [6, 6.07) is 13.5. The highest BCUT2D eigenvalue weighted by atomic mass is 35.5. The minimum atomic E-state index is 0.423. The van der Waals surface area contributed by atoms with Gasteiger partial charge in [-0.05, 0) is 42.9 Å². The van der Waals surface area contributed by atoms with Crippen molar-refractivity contribution in [3.05, 3.63) is 58.6 Å². The van der Waals surface area contributed by atoms with Gasteiger partial charge in [-0.3, -0.25) is 0 Å². The third kappa shape index (κ3) is 3.89. The normalized spacial score (nSPS) is 10.3. The van der Waals surface area contributed by atoms with Crippen molar-refractivity contribution in [2.45, 2.75) is 13.2 Å². The molecule has 106 valence electrons. The molecule has 2 aromatic rings. The van der Waals surface area contributed by atoms with Gasteiger partial charge in [0.05, 0.1) is 7.11 Å². The van der Waals surface area contributed by atoms with Gasteiger partial charge < -0.3 is 14.8 Å². The van der Waals surface area contributed by atoms with E-state index in [2.05, 4.69) is 11.4 Å². The first-order valence-corrected chi connectivity index (χ1v) is 6.79. The van der Waals surface area contributed by atoms with Crippen molar-refractivity contribution in [3.8, 4) is 11.5 Å². The highest BCUT2D eigenvalue weighted by Crippen LogP contribution is 2.24. The molecule has 3 nitrogen and oxygen atoms in total. The molecule has 0 bridgehead atoms. The average Bonchev–Trinajstić information content (AvgIpc) is 2.46. The van der Waals surface area contributed by atoms with Crippen molar-refractivity contribution in [1.82, 2.24) is 5.32 Å². The van der Waals surface area contributed by atoms with Crippen LogP contribution in [0.25, 0.3) is 0 Å². The van der Waals surface area contributed by atoms with Crippen LogP contribution < -0.4 is 14.8 Å². The fraction of sp³-hybridized carbons (Fsp3) is 0.250. The second-order valence-electron chi connectivity index (χ2n) is 4.42. The molecule has 20 heavy (non-hydrogen) atoms. The molecule has 1 N–H and O–H groups in total. The van der Waals surface area contributed by atoms with Crippen molar-refractivity contribution in [1.29, 1.82) is 0 Å². The topological polar surface area (TPSA) is 30.5 Å². The predicted molar refractivity (Wildman–Crippen MR) is 81.5 cm³/mol. The average molecular weight is 292 g/mol. The summed E-state index contributed by atoms with van der Waals surface area (Å²) in [7, 11) is 3.56. The quantitative estimate of drug-likeness (QED) is 0.881. The monoisotopic (exact) mass is 291 g/mol. The molecule has 0 unspecified atom stereocenters. The van der Waals surface area contributed by atoms with Crippen LogP contribution in [-0.2, 0) is 13.2 Å². The van der Waals surface area contributed by atoms with Crippen molar-refractivity contribution in [2.24, 2.45) is 0 Å². The number of hydrogen-bond donors (Lipinski definition) is 1. The Morgan fingerprint density at radius 2 is 2.00 bits per heavy atom. The molecule has 0 aliphatic carbocycles. The summed E-state index contributed by atoms with van der Waals surface area (Å²) in [5.74, 6) is 1.61. The maximum atomic E-state index is 6.00. The molecule has 0 aliphatic rings. The van der Waals surface area contributed by atoms with E-state index in [0.717, 1.165) is 23.6 Å². The van der Waals surface area contributed by atoms with Crippen molar-refractivity contribution >= 4 is 11.6 Å². The van der Waals surface area contributed by atoms with Crippen molar-refractivity contribution in [2.75, 3.05) is 14.2 Å². The predicted octanol–water partition coefficient (Wildman–Crippen LogP) is 3.65. The molecule has 0 fully saturated rings. The summed E-state index contributed by atoms with van der Waals surface area (Å²) in [5.41, 5.74) is 2.11. The number of methoxy groups -OCH3 is 1.